The summed E-state index contributed by atoms with van der Waals surface area (Å²) in [6.07, 6.45) is 1.97. The number of rotatable bonds is 3. The second kappa shape index (κ2) is 4.64. The van der Waals surface area contributed by atoms with E-state index in [9.17, 15) is 9.59 Å². The maximum atomic E-state index is 12.0. The van der Waals surface area contributed by atoms with Crippen LogP contribution in [0, 0.1) is 0 Å². The van der Waals surface area contributed by atoms with E-state index >= 15 is 0 Å². The van der Waals surface area contributed by atoms with E-state index in [1.165, 1.54) is 0 Å². The number of fused-ring (bicyclic) bond motifs is 1. The van der Waals surface area contributed by atoms with Crippen LogP contribution in [0.5, 0.6) is 0 Å². The Kier molecular flexibility index (Phi) is 3.19. The largest absolute Gasteiger partial charge is 0.445 e. The summed E-state index contributed by atoms with van der Waals surface area (Å²) in [7, 11) is 0. The van der Waals surface area contributed by atoms with Gasteiger partial charge in [-0.05, 0) is 18.6 Å². The fourth-order valence-corrected chi connectivity index (χ4v) is 2.01. The van der Waals surface area contributed by atoms with Crippen LogP contribution in [0.2, 0.25) is 0 Å². The van der Waals surface area contributed by atoms with Crippen LogP contribution in [0.1, 0.15) is 22.8 Å². The average Bonchev–Trinajstić information content (AvgIpc) is 2.35. The summed E-state index contributed by atoms with van der Waals surface area (Å²) in [6.45, 7) is 5.51. The standard InChI is InChI=1S/C14H15NO3/c1-3-8-15-13(17)14(2)9-10-6-4-5-7-11(10)12(16)18-14/h3-7H,1,8-9H2,2H3,(H,15,17)/t14-/m1/s1. The highest BCUT2D eigenvalue weighted by molar-refractivity contribution is 5.97. The molecule has 2 rings (SSSR count). The monoisotopic (exact) mass is 245 g/mol. The van der Waals surface area contributed by atoms with Gasteiger partial charge in [0.2, 0.25) is 0 Å². The van der Waals surface area contributed by atoms with E-state index in [0.717, 1.165) is 5.56 Å². The maximum Gasteiger partial charge on any atom is 0.339 e. The molecule has 0 fully saturated rings. The number of hydrogen-bond donors (Lipinski definition) is 1. The first-order valence-corrected chi connectivity index (χ1v) is 5.77. The maximum absolute atomic E-state index is 12.0. The molecule has 0 saturated heterocycles. The number of esters is 1. The van der Waals surface area contributed by atoms with Crippen LogP contribution in [-0.2, 0) is 16.0 Å². The Balaban J connectivity index is 2.26. The molecule has 1 aliphatic rings. The van der Waals surface area contributed by atoms with Crippen molar-refractivity contribution in [2.45, 2.75) is 18.9 Å². The van der Waals surface area contributed by atoms with Crippen molar-refractivity contribution in [3.8, 4) is 0 Å². The lowest BCUT2D eigenvalue weighted by atomic mass is 9.89. The third kappa shape index (κ3) is 2.14. The molecule has 1 heterocycles. The number of benzene rings is 1. The van der Waals surface area contributed by atoms with Crippen LogP contribution in [0.4, 0.5) is 0 Å². The van der Waals surface area contributed by atoms with Gasteiger partial charge in [0.1, 0.15) is 0 Å². The summed E-state index contributed by atoms with van der Waals surface area (Å²) >= 11 is 0. The Morgan fingerprint density at radius 2 is 2.28 bits per heavy atom. The summed E-state index contributed by atoms with van der Waals surface area (Å²) in [4.78, 5) is 23.9. The second-order valence-corrected chi connectivity index (χ2v) is 4.45. The molecule has 0 aromatic heterocycles. The van der Waals surface area contributed by atoms with Crippen LogP contribution in [0.25, 0.3) is 0 Å². The van der Waals surface area contributed by atoms with Crippen LogP contribution in [0.15, 0.2) is 36.9 Å². The van der Waals surface area contributed by atoms with Gasteiger partial charge < -0.3 is 10.1 Å². The highest BCUT2D eigenvalue weighted by Gasteiger charge is 2.42. The molecule has 0 unspecified atom stereocenters. The van der Waals surface area contributed by atoms with Crippen molar-refractivity contribution < 1.29 is 14.3 Å². The van der Waals surface area contributed by atoms with E-state index in [1.807, 2.05) is 12.1 Å². The molecule has 0 aliphatic carbocycles. The first-order chi connectivity index (χ1) is 8.57. The van der Waals surface area contributed by atoms with Gasteiger partial charge in [-0.15, -0.1) is 6.58 Å². The third-order valence-electron chi connectivity index (χ3n) is 2.97. The lowest BCUT2D eigenvalue weighted by molar-refractivity contribution is -0.139. The first kappa shape index (κ1) is 12.4. The van der Waals surface area contributed by atoms with E-state index < -0.39 is 11.6 Å². The Hall–Kier alpha value is -2.10. The molecule has 1 atom stereocenters. The molecule has 1 aromatic carbocycles. The number of carbonyl (C=O) groups is 2. The quantitative estimate of drug-likeness (QED) is 0.648. The number of hydrogen-bond acceptors (Lipinski definition) is 3. The molecule has 0 saturated carbocycles. The Labute approximate surface area is 106 Å². The molecule has 0 radical (unpaired) electrons. The van der Waals surface area contributed by atoms with Crippen molar-refractivity contribution in [1.29, 1.82) is 0 Å². The minimum Gasteiger partial charge on any atom is -0.445 e. The Morgan fingerprint density at radius 3 is 3.00 bits per heavy atom. The van der Waals surface area contributed by atoms with Gasteiger partial charge in [-0.1, -0.05) is 24.3 Å². The summed E-state index contributed by atoms with van der Waals surface area (Å²) in [6, 6.07) is 7.17. The van der Waals surface area contributed by atoms with Crippen LogP contribution in [-0.4, -0.2) is 24.0 Å². The second-order valence-electron chi connectivity index (χ2n) is 4.45. The number of cyclic esters (lactones) is 1. The molecule has 1 amide bonds. The molecule has 1 aromatic rings. The van der Waals surface area contributed by atoms with Crippen molar-refractivity contribution in [2.75, 3.05) is 6.54 Å². The van der Waals surface area contributed by atoms with Gasteiger partial charge in [0.15, 0.2) is 5.60 Å². The highest BCUT2D eigenvalue weighted by atomic mass is 16.6. The number of amides is 1. The van der Waals surface area contributed by atoms with Gasteiger partial charge in [0, 0.05) is 13.0 Å². The lowest BCUT2D eigenvalue weighted by Crippen LogP contribution is -2.51. The van der Waals surface area contributed by atoms with E-state index in [1.54, 1.807) is 25.1 Å². The summed E-state index contributed by atoms with van der Waals surface area (Å²) in [5.74, 6) is -0.752. The topological polar surface area (TPSA) is 55.4 Å². The fraction of sp³-hybridized carbons (Fsp3) is 0.286. The van der Waals surface area contributed by atoms with Crippen molar-refractivity contribution in [2.24, 2.45) is 0 Å². The first-order valence-electron chi connectivity index (χ1n) is 5.77. The zero-order valence-corrected chi connectivity index (χ0v) is 10.2. The van der Waals surface area contributed by atoms with Crippen molar-refractivity contribution in [3.63, 3.8) is 0 Å². The van der Waals surface area contributed by atoms with Crippen LogP contribution in [0.3, 0.4) is 0 Å². The van der Waals surface area contributed by atoms with E-state index in [2.05, 4.69) is 11.9 Å². The van der Waals surface area contributed by atoms with Gasteiger partial charge in [-0.2, -0.15) is 0 Å². The zero-order chi connectivity index (χ0) is 13.2. The van der Waals surface area contributed by atoms with Crippen molar-refractivity contribution in [1.82, 2.24) is 5.32 Å². The number of carbonyl (C=O) groups excluding carboxylic acids is 2. The van der Waals surface area contributed by atoms with Crippen LogP contribution >= 0.6 is 0 Å². The third-order valence-corrected chi connectivity index (χ3v) is 2.97. The number of nitrogens with one attached hydrogen (secondary N) is 1. The molecule has 1 aliphatic heterocycles. The summed E-state index contributed by atoms with van der Waals surface area (Å²) < 4.78 is 5.27. The Bertz CT molecular complexity index is 510. The van der Waals surface area contributed by atoms with Gasteiger partial charge in [0.05, 0.1) is 5.56 Å². The predicted molar refractivity (Wildman–Crippen MR) is 67.2 cm³/mol. The molecule has 4 nitrogen and oxygen atoms in total. The average molecular weight is 245 g/mol. The Morgan fingerprint density at radius 1 is 1.56 bits per heavy atom. The molecular weight excluding hydrogens is 230 g/mol. The van der Waals surface area contributed by atoms with Gasteiger partial charge >= 0.3 is 5.97 Å². The van der Waals surface area contributed by atoms with Gasteiger partial charge in [-0.3, -0.25) is 4.79 Å². The van der Waals surface area contributed by atoms with Crippen molar-refractivity contribution >= 4 is 11.9 Å². The molecule has 18 heavy (non-hydrogen) atoms. The normalized spacial score (nSPS) is 21.7. The fourth-order valence-electron chi connectivity index (χ4n) is 2.01. The molecule has 1 N–H and O–H groups in total. The summed E-state index contributed by atoms with van der Waals surface area (Å²) in [5.41, 5.74) is 0.227. The highest BCUT2D eigenvalue weighted by Crippen LogP contribution is 2.28. The predicted octanol–water partition coefficient (Wildman–Crippen LogP) is 1.46. The molecule has 94 valence electrons. The smallest absolute Gasteiger partial charge is 0.339 e. The lowest BCUT2D eigenvalue weighted by Gasteiger charge is -2.32. The zero-order valence-electron chi connectivity index (χ0n) is 10.2. The van der Waals surface area contributed by atoms with Crippen molar-refractivity contribution in [3.05, 3.63) is 48.0 Å². The van der Waals surface area contributed by atoms with E-state index in [-0.39, 0.29) is 5.91 Å². The van der Waals surface area contributed by atoms with E-state index in [0.29, 0.717) is 18.5 Å². The van der Waals surface area contributed by atoms with E-state index in [4.69, 9.17) is 4.74 Å². The molecule has 0 spiro atoms. The van der Waals surface area contributed by atoms with Crippen LogP contribution < -0.4 is 5.32 Å². The SMILES string of the molecule is C=CCNC(=O)[C@@]1(C)Cc2ccccc2C(=O)O1. The molecular formula is C14H15NO3. The summed E-state index contributed by atoms with van der Waals surface area (Å²) in [5, 5.41) is 2.66. The number of ether oxygens (including phenoxy) is 1. The van der Waals surface area contributed by atoms with Gasteiger partial charge in [-0.25, -0.2) is 4.79 Å². The minimum absolute atomic E-state index is 0.301. The molecule has 0 bridgehead atoms. The molecule has 4 heteroatoms. The van der Waals surface area contributed by atoms with Gasteiger partial charge in [0.25, 0.3) is 5.91 Å². The minimum atomic E-state index is -1.14.